The summed E-state index contributed by atoms with van der Waals surface area (Å²) in [5.41, 5.74) is 1.82. The van der Waals surface area contributed by atoms with Gasteiger partial charge in [0, 0.05) is 4.47 Å². The zero-order chi connectivity index (χ0) is 12.1. The Kier molecular flexibility index (Phi) is 4.51. The Morgan fingerprint density at radius 3 is 2.69 bits per heavy atom. The Morgan fingerprint density at radius 1 is 1.50 bits per heavy atom. The molecule has 0 amide bonds. The van der Waals surface area contributed by atoms with E-state index in [0.717, 1.165) is 12.0 Å². The maximum absolute atomic E-state index is 11.6. The fourth-order valence-electron chi connectivity index (χ4n) is 1.33. The molecule has 3 nitrogen and oxygen atoms in total. The molecule has 0 aliphatic carbocycles. The van der Waals surface area contributed by atoms with Crippen molar-refractivity contribution in [3.8, 4) is 6.07 Å². The number of carbonyl (C=O) groups is 1. The number of ether oxygens (including phenoxy) is 1. The third-order valence-electron chi connectivity index (χ3n) is 2.16. The van der Waals surface area contributed by atoms with Crippen LogP contribution in [0.15, 0.2) is 16.6 Å². The zero-order valence-electron chi connectivity index (χ0n) is 9.21. The van der Waals surface area contributed by atoms with Crippen LogP contribution in [0, 0.1) is 11.3 Å². The summed E-state index contributed by atoms with van der Waals surface area (Å²) in [6.45, 7) is 4.05. The summed E-state index contributed by atoms with van der Waals surface area (Å²) < 4.78 is 5.43. The summed E-state index contributed by atoms with van der Waals surface area (Å²) in [7, 11) is 0. The minimum absolute atomic E-state index is 0.323. The smallest absolute Gasteiger partial charge is 0.339 e. The molecule has 0 heterocycles. The average Bonchev–Trinajstić information content (AvgIpc) is 2.29. The van der Waals surface area contributed by atoms with Crippen molar-refractivity contribution in [2.45, 2.75) is 20.3 Å². The number of carbonyl (C=O) groups excluding carboxylic acids is 1. The van der Waals surface area contributed by atoms with Crippen LogP contribution in [0.3, 0.4) is 0 Å². The molecule has 0 saturated carbocycles. The highest BCUT2D eigenvalue weighted by molar-refractivity contribution is 9.10. The monoisotopic (exact) mass is 281 g/mol. The van der Waals surface area contributed by atoms with E-state index in [0.29, 0.717) is 22.2 Å². The molecule has 0 aliphatic rings. The number of benzene rings is 1. The fourth-order valence-corrected chi connectivity index (χ4v) is 1.81. The summed E-state index contributed by atoms with van der Waals surface area (Å²) >= 11 is 3.25. The van der Waals surface area contributed by atoms with E-state index in [4.69, 9.17) is 10.00 Å². The molecule has 0 aliphatic heterocycles. The van der Waals surface area contributed by atoms with Crippen LogP contribution in [-0.2, 0) is 11.2 Å². The van der Waals surface area contributed by atoms with Gasteiger partial charge in [-0.25, -0.2) is 4.79 Å². The minimum atomic E-state index is -0.402. The van der Waals surface area contributed by atoms with E-state index in [9.17, 15) is 4.79 Å². The molecular weight excluding hydrogens is 270 g/mol. The van der Waals surface area contributed by atoms with E-state index in [-0.39, 0.29) is 0 Å². The van der Waals surface area contributed by atoms with Gasteiger partial charge in [0.25, 0.3) is 0 Å². The first-order valence-corrected chi connectivity index (χ1v) is 5.82. The normalized spacial score (nSPS) is 9.62. The Bertz CT molecular complexity index is 449. The van der Waals surface area contributed by atoms with E-state index < -0.39 is 5.97 Å². The first-order chi connectivity index (χ1) is 7.63. The van der Waals surface area contributed by atoms with Gasteiger partial charge in [0.15, 0.2) is 0 Å². The molecule has 0 bridgehead atoms. The van der Waals surface area contributed by atoms with Crippen molar-refractivity contribution in [3.05, 3.63) is 33.3 Å². The average molecular weight is 282 g/mol. The number of nitrogens with zero attached hydrogens (tertiary/aromatic N) is 1. The van der Waals surface area contributed by atoms with Gasteiger partial charge in [0.1, 0.15) is 6.07 Å². The Balaban J connectivity index is 3.27. The van der Waals surface area contributed by atoms with Crippen molar-refractivity contribution >= 4 is 21.9 Å². The largest absolute Gasteiger partial charge is 0.462 e. The molecule has 0 unspecified atom stereocenters. The molecule has 0 fully saturated rings. The number of esters is 1. The van der Waals surface area contributed by atoms with Crippen LogP contribution in [0.4, 0.5) is 0 Å². The molecule has 84 valence electrons. The van der Waals surface area contributed by atoms with Gasteiger partial charge in [-0.1, -0.05) is 6.92 Å². The van der Waals surface area contributed by atoms with Crippen molar-refractivity contribution in [3.63, 3.8) is 0 Å². The lowest BCUT2D eigenvalue weighted by atomic mass is 10.0. The summed E-state index contributed by atoms with van der Waals surface area (Å²) in [6.07, 6.45) is 0.772. The standard InChI is InChI=1S/C12H12BrNO2/c1-3-8-5-9(7-14)11(13)10(6-8)12(15)16-4-2/h5-6H,3-4H2,1-2H3. The maximum Gasteiger partial charge on any atom is 0.339 e. The van der Waals surface area contributed by atoms with E-state index in [2.05, 4.69) is 22.0 Å². The van der Waals surface area contributed by atoms with Crippen molar-refractivity contribution in [1.29, 1.82) is 5.26 Å². The second-order valence-corrected chi connectivity index (χ2v) is 3.98. The van der Waals surface area contributed by atoms with E-state index in [1.165, 1.54) is 0 Å². The Labute approximate surface area is 103 Å². The molecule has 1 aromatic carbocycles. The highest BCUT2D eigenvalue weighted by atomic mass is 79.9. The number of nitriles is 1. The molecule has 4 heteroatoms. The van der Waals surface area contributed by atoms with Crippen molar-refractivity contribution in [2.75, 3.05) is 6.61 Å². The topological polar surface area (TPSA) is 50.1 Å². The lowest BCUT2D eigenvalue weighted by molar-refractivity contribution is 0.0525. The molecule has 16 heavy (non-hydrogen) atoms. The lowest BCUT2D eigenvalue weighted by Crippen LogP contribution is -2.07. The van der Waals surface area contributed by atoms with Gasteiger partial charge in [-0.05, 0) is 47.0 Å². The van der Waals surface area contributed by atoms with E-state index in [1.807, 2.05) is 6.92 Å². The SMILES string of the molecule is CCOC(=O)c1cc(CC)cc(C#N)c1Br. The van der Waals surface area contributed by atoms with E-state index >= 15 is 0 Å². The quantitative estimate of drug-likeness (QED) is 0.800. The number of halogens is 1. The molecule has 0 saturated heterocycles. The number of aryl methyl sites for hydroxylation is 1. The molecule has 1 aromatic rings. The lowest BCUT2D eigenvalue weighted by Gasteiger charge is -2.07. The number of rotatable bonds is 3. The number of hydrogen-bond donors (Lipinski definition) is 0. The third kappa shape index (κ3) is 2.61. The van der Waals surface area contributed by atoms with E-state index in [1.54, 1.807) is 19.1 Å². The number of hydrogen-bond acceptors (Lipinski definition) is 3. The van der Waals surface area contributed by atoms with Gasteiger partial charge in [-0.2, -0.15) is 5.26 Å². The summed E-state index contributed by atoms with van der Waals surface area (Å²) in [5.74, 6) is -0.402. The van der Waals surface area contributed by atoms with Crippen LogP contribution in [0.2, 0.25) is 0 Å². The maximum atomic E-state index is 11.6. The third-order valence-corrected chi connectivity index (χ3v) is 3.01. The molecule has 0 N–H and O–H groups in total. The van der Waals surface area contributed by atoms with Crippen molar-refractivity contribution in [1.82, 2.24) is 0 Å². The highest BCUT2D eigenvalue weighted by Gasteiger charge is 2.15. The summed E-state index contributed by atoms with van der Waals surface area (Å²) in [4.78, 5) is 11.6. The minimum Gasteiger partial charge on any atom is -0.462 e. The van der Waals surface area contributed by atoms with Gasteiger partial charge in [0.2, 0.25) is 0 Å². The van der Waals surface area contributed by atoms with Crippen LogP contribution in [0.5, 0.6) is 0 Å². The first kappa shape index (κ1) is 12.7. The Morgan fingerprint density at radius 2 is 2.19 bits per heavy atom. The predicted molar refractivity (Wildman–Crippen MR) is 64.2 cm³/mol. The van der Waals surface area contributed by atoms with Crippen LogP contribution in [-0.4, -0.2) is 12.6 Å². The molecule has 0 aromatic heterocycles. The zero-order valence-corrected chi connectivity index (χ0v) is 10.8. The molecule has 0 atom stereocenters. The van der Waals surface area contributed by atoms with Gasteiger partial charge in [-0.15, -0.1) is 0 Å². The van der Waals surface area contributed by atoms with Crippen LogP contribution < -0.4 is 0 Å². The summed E-state index contributed by atoms with van der Waals surface area (Å²) in [5, 5.41) is 8.94. The van der Waals surface area contributed by atoms with Crippen LogP contribution >= 0.6 is 15.9 Å². The van der Waals surface area contributed by atoms with Gasteiger partial charge in [-0.3, -0.25) is 0 Å². The van der Waals surface area contributed by atoms with Crippen LogP contribution in [0.1, 0.15) is 35.3 Å². The predicted octanol–water partition coefficient (Wildman–Crippen LogP) is 3.06. The van der Waals surface area contributed by atoms with Gasteiger partial charge < -0.3 is 4.74 Å². The van der Waals surface area contributed by atoms with Crippen molar-refractivity contribution < 1.29 is 9.53 Å². The molecule has 0 radical (unpaired) electrons. The Hall–Kier alpha value is -1.34. The molecule has 0 spiro atoms. The molecular formula is C12H12BrNO2. The van der Waals surface area contributed by atoms with Crippen LogP contribution in [0.25, 0.3) is 0 Å². The molecule has 1 rings (SSSR count). The summed E-state index contributed by atoms with van der Waals surface area (Å²) in [6, 6.07) is 5.58. The second kappa shape index (κ2) is 5.66. The van der Waals surface area contributed by atoms with Gasteiger partial charge >= 0.3 is 5.97 Å². The highest BCUT2D eigenvalue weighted by Crippen LogP contribution is 2.24. The van der Waals surface area contributed by atoms with Gasteiger partial charge in [0.05, 0.1) is 17.7 Å². The fraction of sp³-hybridized carbons (Fsp3) is 0.333. The van der Waals surface area contributed by atoms with Crippen molar-refractivity contribution in [2.24, 2.45) is 0 Å². The first-order valence-electron chi connectivity index (χ1n) is 5.03. The second-order valence-electron chi connectivity index (χ2n) is 3.19.